The number of H-pyrrole nitrogens is 1. The van der Waals surface area contributed by atoms with Gasteiger partial charge in [0, 0.05) is 4.88 Å². The number of thiophene rings is 1. The molecule has 0 aliphatic carbocycles. The highest BCUT2D eigenvalue weighted by molar-refractivity contribution is 7.21. The van der Waals surface area contributed by atoms with E-state index in [9.17, 15) is 4.79 Å². The van der Waals surface area contributed by atoms with Crippen LogP contribution in [0, 0.1) is 0 Å². The van der Waals surface area contributed by atoms with Gasteiger partial charge in [0.05, 0.1) is 24.2 Å². The van der Waals surface area contributed by atoms with E-state index < -0.39 is 0 Å². The molecule has 0 saturated carbocycles. The summed E-state index contributed by atoms with van der Waals surface area (Å²) >= 11 is 1.53. The highest BCUT2D eigenvalue weighted by Crippen LogP contribution is 2.30. The van der Waals surface area contributed by atoms with E-state index in [1.54, 1.807) is 6.26 Å². The Bertz CT molecular complexity index is 1040. The molecular weight excluding hydrogens is 334 g/mol. The maximum atomic E-state index is 12.4. The fourth-order valence-electron chi connectivity index (χ4n) is 2.69. The largest absolute Gasteiger partial charge is 0.468 e. The SMILES string of the molecule is C[C@H](NCc1nc2sc(-c3ccccc3)cc2c(=O)[nH]1)c1ccco1. The Morgan fingerprint density at radius 1 is 1.24 bits per heavy atom. The Hall–Kier alpha value is -2.70. The van der Waals surface area contributed by atoms with Crippen LogP contribution >= 0.6 is 11.3 Å². The van der Waals surface area contributed by atoms with Crippen LogP contribution in [0.1, 0.15) is 24.6 Å². The number of hydrogen-bond acceptors (Lipinski definition) is 5. The summed E-state index contributed by atoms with van der Waals surface area (Å²) in [6, 6.07) is 15.7. The number of aromatic nitrogens is 2. The van der Waals surface area contributed by atoms with E-state index in [1.807, 2.05) is 55.5 Å². The summed E-state index contributed by atoms with van der Waals surface area (Å²) in [5.74, 6) is 1.48. The first-order valence-corrected chi connectivity index (χ1v) is 8.87. The molecule has 1 aromatic carbocycles. The van der Waals surface area contributed by atoms with Crippen LogP contribution in [-0.4, -0.2) is 9.97 Å². The maximum Gasteiger partial charge on any atom is 0.259 e. The Balaban J connectivity index is 1.60. The van der Waals surface area contributed by atoms with Gasteiger partial charge in [-0.05, 0) is 30.7 Å². The molecular formula is C19H17N3O2S. The molecule has 6 heteroatoms. The highest BCUT2D eigenvalue weighted by atomic mass is 32.1. The van der Waals surface area contributed by atoms with Gasteiger partial charge in [0.2, 0.25) is 0 Å². The van der Waals surface area contributed by atoms with E-state index in [0.717, 1.165) is 21.0 Å². The first-order valence-electron chi connectivity index (χ1n) is 8.05. The van der Waals surface area contributed by atoms with Crippen LogP contribution in [0.25, 0.3) is 20.7 Å². The molecule has 126 valence electrons. The number of nitrogens with one attached hydrogen (secondary N) is 2. The normalized spacial score (nSPS) is 12.5. The van der Waals surface area contributed by atoms with Crippen molar-refractivity contribution in [2.24, 2.45) is 0 Å². The third kappa shape index (κ3) is 3.26. The van der Waals surface area contributed by atoms with Gasteiger partial charge in [-0.3, -0.25) is 4.79 Å². The Morgan fingerprint density at radius 2 is 2.08 bits per heavy atom. The van der Waals surface area contributed by atoms with Crippen LogP contribution in [0.2, 0.25) is 0 Å². The molecule has 0 spiro atoms. The van der Waals surface area contributed by atoms with E-state index in [4.69, 9.17) is 4.42 Å². The molecule has 0 aliphatic rings. The van der Waals surface area contributed by atoms with Crippen LogP contribution in [0.3, 0.4) is 0 Å². The van der Waals surface area contributed by atoms with E-state index in [-0.39, 0.29) is 11.6 Å². The average molecular weight is 351 g/mol. The number of fused-ring (bicyclic) bond motifs is 1. The molecule has 4 aromatic rings. The van der Waals surface area contributed by atoms with Gasteiger partial charge in [-0.1, -0.05) is 30.3 Å². The Morgan fingerprint density at radius 3 is 2.84 bits per heavy atom. The standard InChI is InChI=1S/C19H17N3O2S/c1-12(15-8-5-9-24-15)20-11-17-21-18(23)14-10-16(25-19(14)22-17)13-6-3-2-4-7-13/h2-10,12,20H,11H2,1H3,(H,21,22,23)/t12-/m0/s1. The third-order valence-electron chi connectivity index (χ3n) is 4.06. The second kappa shape index (κ2) is 6.66. The van der Waals surface area contributed by atoms with Gasteiger partial charge in [-0.15, -0.1) is 11.3 Å². The number of benzene rings is 1. The van der Waals surface area contributed by atoms with Gasteiger partial charge >= 0.3 is 0 Å². The van der Waals surface area contributed by atoms with E-state index >= 15 is 0 Å². The van der Waals surface area contributed by atoms with Crippen molar-refractivity contribution in [3.63, 3.8) is 0 Å². The van der Waals surface area contributed by atoms with Crippen molar-refractivity contribution in [1.82, 2.24) is 15.3 Å². The topological polar surface area (TPSA) is 70.9 Å². The molecule has 2 N–H and O–H groups in total. The summed E-state index contributed by atoms with van der Waals surface area (Å²) in [7, 11) is 0. The highest BCUT2D eigenvalue weighted by Gasteiger charge is 2.12. The van der Waals surface area contributed by atoms with Gasteiger partial charge in [0.15, 0.2) is 0 Å². The summed E-state index contributed by atoms with van der Waals surface area (Å²) in [6.45, 7) is 2.47. The Kier molecular flexibility index (Phi) is 4.21. The lowest BCUT2D eigenvalue weighted by atomic mass is 10.2. The summed E-state index contributed by atoms with van der Waals surface area (Å²) in [4.78, 5) is 21.6. The lowest BCUT2D eigenvalue weighted by Crippen LogP contribution is -2.21. The molecule has 5 nitrogen and oxygen atoms in total. The van der Waals surface area contributed by atoms with Gasteiger partial charge in [0.25, 0.3) is 5.56 Å². The minimum atomic E-state index is -0.106. The average Bonchev–Trinajstić information content (AvgIpc) is 3.30. The van der Waals surface area contributed by atoms with Crippen molar-refractivity contribution in [2.45, 2.75) is 19.5 Å². The molecule has 4 rings (SSSR count). The van der Waals surface area contributed by atoms with Crippen molar-refractivity contribution >= 4 is 21.6 Å². The van der Waals surface area contributed by atoms with Gasteiger partial charge in [-0.2, -0.15) is 0 Å². The maximum absolute atomic E-state index is 12.4. The zero-order chi connectivity index (χ0) is 17.2. The van der Waals surface area contributed by atoms with Crippen LogP contribution < -0.4 is 10.9 Å². The van der Waals surface area contributed by atoms with E-state index in [0.29, 0.717) is 17.8 Å². The molecule has 25 heavy (non-hydrogen) atoms. The van der Waals surface area contributed by atoms with Crippen LogP contribution in [-0.2, 0) is 6.54 Å². The molecule has 0 aliphatic heterocycles. The fourth-order valence-corrected chi connectivity index (χ4v) is 3.75. The van der Waals surface area contributed by atoms with Crippen molar-refractivity contribution in [3.8, 4) is 10.4 Å². The summed E-state index contributed by atoms with van der Waals surface area (Å²) in [6.07, 6.45) is 1.65. The predicted molar refractivity (Wildman–Crippen MR) is 99.6 cm³/mol. The van der Waals surface area contributed by atoms with Crippen LogP contribution in [0.15, 0.2) is 64.0 Å². The summed E-state index contributed by atoms with van der Waals surface area (Å²) in [5.41, 5.74) is 0.988. The first-order chi connectivity index (χ1) is 12.2. The second-order valence-corrected chi connectivity index (χ2v) is 6.86. The molecule has 0 radical (unpaired) electrons. The third-order valence-corrected chi connectivity index (χ3v) is 5.13. The molecule has 3 heterocycles. The molecule has 0 unspecified atom stereocenters. The van der Waals surface area contributed by atoms with Gasteiger partial charge in [-0.25, -0.2) is 4.98 Å². The number of furan rings is 1. The number of hydrogen-bond donors (Lipinski definition) is 2. The van der Waals surface area contributed by atoms with Crippen LogP contribution in [0.4, 0.5) is 0 Å². The first kappa shape index (κ1) is 15.8. The lowest BCUT2D eigenvalue weighted by molar-refractivity contribution is 0.427. The molecule has 0 bridgehead atoms. The molecule has 3 aromatic heterocycles. The quantitative estimate of drug-likeness (QED) is 0.568. The minimum Gasteiger partial charge on any atom is -0.468 e. The minimum absolute atomic E-state index is 0.0409. The van der Waals surface area contributed by atoms with Crippen molar-refractivity contribution in [2.75, 3.05) is 0 Å². The number of aromatic amines is 1. The van der Waals surface area contributed by atoms with Crippen molar-refractivity contribution in [1.29, 1.82) is 0 Å². The van der Waals surface area contributed by atoms with E-state index in [1.165, 1.54) is 11.3 Å². The molecule has 0 saturated heterocycles. The van der Waals surface area contributed by atoms with Crippen molar-refractivity contribution < 1.29 is 4.42 Å². The molecule has 1 atom stereocenters. The van der Waals surface area contributed by atoms with Gasteiger partial charge < -0.3 is 14.7 Å². The predicted octanol–water partition coefficient (Wildman–Crippen LogP) is 4.10. The van der Waals surface area contributed by atoms with Crippen molar-refractivity contribution in [3.05, 3.63) is 76.7 Å². The number of rotatable bonds is 5. The zero-order valence-corrected chi connectivity index (χ0v) is 14.5. The monoisotopic (exact) mass is 351 g/mol. The van der Waals surface area contributed by atoms with Gasteiger partial charge in [0.1, 0.15) is 16.4 Å². The zero-order valence-electron chi connectivity index (χ0n) is 13.7. The summed E-state index contributed by atoms with van der Waals surface area (Å²) in [5, 5.41) is 3.94. The second-order valence-electron chi connectivity index (χ2n) is 5.83. The molecule has 0 fully saturated rings. The van der Waals surface area contributed by atoms with E-state index in [2.05, 4.69) is 15.3 Å². The Labute approximate surface area is 148 Å². The fraction of sp³-hybridized carbons (Fsp3) is 0.158. The lowest BCUT2D eigenvalue weighted by Gasteiger charge is -2.10. The summed E-state index contributed by atoms with van der Waals surface area (Å²) < 4.78 is 5.38. The smallest absolute Gasteiger partial charge is 0.259 e. The molecule has 0 amide bonds. The number of nitrogens with zero attached hydrogens (tertiary/aromatic N) is 1. The van der Waals surface area contributed by atoms with Crippen LogP contribution in [0.5, 0.6) is 0 Å².